The van der Waals surface area contributed by atoms with Gasteiger partial charge in [-0.2, -0.15) is 0 Å². The van der Waals surface area contributed by atoms with E-state index in [9.17, 15) is 0 Å². The number of rotatable bonds is 3. The van der Waals surface area contributed by atoms with Crippen LogP contribution in [0.2, 0.25) is 0 Å². The lowest BCUT2D eigenvalue weighted by molar-refractivity contribution is 0.348. The standard InChI is InChI=1S/C18H18N6/c1-13(16-4-19-10-20-5-16)2-15(18-8-23-12-24-9-18)3-14(1)17-6-21-11-22-7-17/h4-15H,1-3H2. The van der Waals surface area contributed by atoms with E-state index in [1.54, 1.807) is 19.0 Å². The molecule has 120 valence electrons. The van der Waals surface area contributed by atoms with Gasteiger partial charge < -0.3 is 0 Å². The molecule has 3 heterocycles. The van der Waals surface area contributed by atoms with Gasteiger partial charge in [-0.15, -0.1) is 0 Å². The van der Waals surface area contributed by atoms with E-state index in [2.05, 4.69) is 29.9 Å². The summed E-state index contributed by atoms with van der Waals surface area (Å²) in [5.74, 6) is 1.24. The van der Waals surface area contributed by atoms with Crippen LogP contribution in [0.3, 0.4) is 0 Å². The van der Waals surface area contributed by atoms with Crippen LogP contribution < -0.4 is 0 Å². The van der Waals surface area contributed by atoms with E-state index in [-0.39, 0.29) is 0 Å². The zero-order valence-electron chi connectivity index (χ0n) is 13.2. The molecule has 24 heavy (non-hydrogen) atoms. The van der Waals surface area contributed by atoms with Crippen LogP contribution in [0.5, 0.6) is 0 Å². The van der Waals surface area contributed by atoms with E-state index in [0.717, 1.165) is 19.3 Å². The Hall–Kier alpha value is -2.76. The van der Waals surface area contributed by atoms with Crippen molar-refractivity contribution in [3.05, 3.63) is 72.9 Å². The molecular weight excluding hydrogens is 300 g/mol. The van der Waals surface area contributed by atoms with Crippen LogP contribution in [0.25, 0.3) is 0 Å². The summed E-state index contributed by atoms with van der Waals surface area (Å²) < 4.78 is 0. The maximum Gasteiger partial charge on any atom is 0.115 e. The van der Waals surface area contributed by atoms with Gasteiger partial charge in [0.05, 0.1) is 0 Å². The Morgan fingerprint density at radius 3 is 0.958 bits per heavy atom. The van der Waals surface area contributed by atoms with Crippen molar-refractivity contribution in [3.63, 3.8) is 0 Å². The molecule has 1 aliphatic carbocycles. The Morgan fingerprint density at radius 1 is 0.458 bits per heavy atom. The minimum atomic E-state index is 0.412. The number of hydrogen-bond donors (Lipinski definition) is 0. The first-order valence-corrected chi connectivity index (χ1v) is 8.15. The van der Waals surface area contributed by atoms with Crippen LogP contribution in [0.4, 0.5) is 0 Å². The molecule has 0 aromatic carbocycles. The van der Waals surface area contributed by atoms with Crippen LogP contribution in [-0.4, -0.2) is 29.9 Å². The third kappa shape index (κ3) is 3.13. The van der Waals surface area contributed by atoms with Crippen molar-refractivity contribution >= 4 is 0 Å². The quantitative estimate of drug-likeness (QED) is 0.739. The van der Waals surface area contributed by atoms with Gasteiger partial charge in [0.15, 0.2) is 0 Å². The molecule has 0 bridgehead atoms. The van der Waals surface area contributed by atoms with E-state index in [1.807, 2.05) is 37.2 Å². The summed E-state index contributed by atoms with van der Waals surface area (Å²) in [6, 6.07) is 0. The topological polar surface area (TPSA) is 77.3 Å². The highest BCUT2D eigenvalue weighted by molar-refractivity contribution is 5.23. The zero-order valence-corrected chi connectivity index (χ0v) is 13.2. The largest absolute Gasteiger partial charge is 0.245 e. The van der Waals surface area contributed by atoms with Crippen molar-refractivity contribution < 1.29 is 0 Å². The molecule has 0 unspecified atom stereocenters. The molecule has 0 amide bonds. The first-order chi connectivity index (χ1) is 11.9. The second kappa shape index (κ2) is 6.78. The summed E-state index contributed by atoms with van der Waals surface area (Å²) in [6.45, 7) is 0. The molecule has 1 fully saturated rings. The summed E-state index contributed by atoms with van der Waals surface area (Å²) in [6.07, 6.45) is 19.5. The van der Waals surface area contributed by atoms with E-state index in [0.29, 0.717) is 17.8 Å². The minimum absolute atomic E-state index is 0.412. The highest BCUT2D eigenvalue weighted by Crippen LogP contribution is 2.47. The predicted octanol–water partition coefficient (Wildman–Crippen LogP) is 2.89. The van der Waals surface area contributed by atoms with Gasteiger partial charge in [0, 0.05) is 37.2 Å². The fourth-order valence-electron chi connectivity index (χ4n) is 3.70. The maximum absolute atomic E-state index is 4.19. The summed E-state index contributed by atoms with van der Waals surface area (Å²) in [7, 11) is 0. The Morgan fingerprint density at radius 2 is 0.708 bits per heavy atom. The Balaban J connectivity index is 1.66. The van der Waals surface area contributed by atoms with Crippen molar-refractivity contribution in [2.75, 3.05) is 0 Å². The third-order valence-electron chi connectivity index (χ3n) is 4.86. The molecule has 1 saturated carbocycles. The summed E-state index contributed by atoms with van der Waals surface area (Å²) >= 11 is 0. The fourth-order valence-corrected chi connectivity index (χ4v) is 3.70. The molecule has 0 spiro atoms. The van der Waals surface area contributed by atoms with Crippen molar-refractivity contribution in [1.82, 2.24) is 29.9 Å². The highest BCUT2D eigenvalue weighted by atomic mass is 14.8. The number of aromatic nitrogens is 6. The molecule has 1 aliphatic rings. The average Bonchev–Trinajstić information content (AvgIpc) is 2.70. The SMILES string of the molecule is c1ncc(C2CC(c3cncnc3)CC(c3cncnc3)C2)cn1. The van der Waals surface area contributed by atoms with Crippen molar-refractivity contribution in [3.8, 4) is 0 Å². The molecule has 0 saturated heterocycles. The molecule has 6 nitrogen and oxygen atoms in total. The zero-order chi connectivity index (χ0) is 16.2. The van der Waals surface area contributed by atoms with Gasteiger partial charge in [0.2, 0.25) is 0 Å². The van der Waals surface area contributed by atoms with E-state index < -0.39 is 0 Å². The van der Waals surface area contributed by atoms with Gasteiger partial charge in [-0.25, -0.2) is 29.9 Å². The van der Waals surface area contributed by atoms with Crippen molar-refractivity contribution in [2.24, 2.45) is 0 Å². The molecule has 3 aromatic heterocycles. The van der Waals surface area contributed by atoms with Gasteiger partial charge in [-0.05, 0) is 53.7 Å². The third-order valence-corrected chi connectivity index (χ3v) is 4.86. The van der Waals surface area contributed by atoms with Gasteiger partial charge in [0.1, 0.15) is 19.0 Å². The van der Waals surface area contributed by atoms with Crippen LogP contribution in [-0.2, 0) is 0 Å². The lowest BCUT2D eigenvalue weighted by atomic mass is 9.70. The Labute approximate surface area is 140 Å². The van der Waals surface area contributed by atoms with E-state index >= 15 is 0 Å². The van der Waals surface area contributed by atoms with Gasteiger partial charge in [0.25, 0.3) is 0 Å². The predicted molar refractivity (Wildman–Crippen MR) is 88.2 cm³/mol. The molecule has 6 heteroatoms. The minimum Gasteiger partial charge on any atom is -0.245 e. The highest BCUT2D eigenvalue weighted by Gasteiger charge is 2.32. The summed E-state index contributed by atoms with van der Waals surface area (Å²) in [4.78, 5) is 25.2. The van der Waals surface area contributed by atoms with Crippen molar-refractivity contribution in [2.45, 2.75) is 37.0 Å². The summed E-state index contributed by atoms with van der Waals surface area (Å²) in [5, 5.41) is 0. The first kappa shape index (κ1) is 14.8. The number of hydrogen-bond acceptors (Lipinski definition) is 6. The second-order valence-electron chi connectivity index (χ2n) is 6.31. The lowest BCUT2D eigenvalue weighted by Crippen LogP contribution is -2.20. The van der Waals surface area contributed by atoms with Gasteiger partial charge in [-0.1, -0.05) is 0 Å². The maximum atomic E-state index is 4.19. The van der Waals surface area contributed by atoms with Crippen LogP contribution in [0, 0.1) is 0 Å². The van der Waals surface area contributed by atoms with Crippen molar-refractivity contribution in [1.29, 1.82) is 0 Å². The van der Waals surface area contributed by atoms with E-state index in [1.165, 1.54) is 16.7 Å². The van der Waals surface area contributed by atoms with Gasteiger partial charge in [-0.3, -0.25) is 0 Å². The second-order valence-corrected chi connectivity index (χ2v) is 6.31. The molecular formula is C18H18N6. The molecule has 3 aromatic rings. The molecule has 0 aliphatic heterocycles. The smallest absolute Gasteiger partial charge is 0.115 e. The van der Waals surface area contributed by atoms with Crippen LogP contribution in [0.15, 0.2) is 56.2 Å². The Bertz CT molecular complexity index is 651. The molecule has 0 radical (unpaired) electrons. The first-order valence-electron chi connectivity index (χ1n) is 8.15. The average molecular weight is 318 g/mol. The monoisotopic (exact) mass is 318 g/mol. The van der Waals surface area contributed by atoms with Crippen LogP contribution in [0.1, 0.15) is 53.7 Å². The molecule has 0 N–H and O–H groups in total. The fraction of sp³-hybridized carbons (Fsp3) is 0.333. The Kier molecular flexibility index (Phi) is 4.18. The number of nitrogens with zero attached hydrogens (tertiary/aromatic N) is 6. The molecule has 4 rings (SSSR count). The van der Waals surface area contributed by atoms with Crippen LogP contribution >= 0.6 is 0 Å². The van der Waals surface area contributed by atoms with Gasteiger partial charge >= 0.3 is 0 Å². The normalized spacial score (nSPS) is 23.8. The molecule has 0 atom stereocenters. The summed E-state index contributed by atoms with van der Waals surface area (Å²) in [5.41, 5.74) is 3.59. The van der Waals surface area contributed by atoms with E-state index in [4.69, 9.17) is 0 Å². The lowest BCUT2D eigenvalue weighted by Gasteiger charge is -2.35.